The van der Waals surface area contributed by atoms with Gasteiger partial charge in [0.25, 0.3) is 0 Å². The lowest BCUT2D eigenvalue weighted by atomic mass is 10.2. The Hall–Kier alpha value is -1.33. The van der Waals surface area contributed by atoms with Gasteiger partial charge in [-0.1, -0.05) is 6.07 Å². The maximum atomic E-state index is 13.7. The van der Waals surface area contributed by atoms with E-state index in [0.717, 1.165) is 17.1 Å². The third kappa shape index (κ3) is 2.67. The molecule has 1 heterocycles. The van der Waals surface area contributed by atoms with E-state index in [2.05, 4.69) is 10.3 Å². The fraction of sp³-hybridized carbons (Fsp3) is 0.357. The van der Waals surface area contributed by atoms with Crippen molar-refractivity contribution in [1.29, 1.82) is 0 Å². The molecule has 1 aromatic heterocycles. The molecule has 0 aliphatic heterocycles. The molecule has 1 aliphatic carbocycles. The van der Waals surface area contributed by atoms with Crippen molar-refractivity contribution < 1.29 is 8.78 Å². The van der Waals surface area contributed by atoms with Crippen LogP contribution in [-0.4, -0.2) is 11.0 Å². The SMILES string of the molecule is Cc1nc(-c2c(F)cccc2F)sc1CNC1CC1. The van der Waals surface area contributed by atoms with Crippen LogP contribution >= 0.6 is 11.3 Å². The minimum absolute atomic E-state index is 0.0201. The Morgan fingerprint density at radius 3 is 2.63 bits per heavy atom. The van der Waals surface area contributed by atoms with Crippen LogP contribution in [0.15, 0.2) is 18.2 Å². The summed E-state index contributed by atoms with van der Waals surface area (Å²) in [7, 11) is 0. The van der Waals surface area contributed by atoms with Crippen LogP contribution in [0.2, 0.25) is 0 Å². The first-order chi connectivity index (χ1) is 9.15. The van der Waals surface area contributed by atoms with Crippen molar-refractivity contribution in [3.63, 3.8) is 0 Å². The molecule has 1 aliphatic rings. The van der Waals surface area contributed by atoms with Gasteiger partial charge in [-0.3, -0.25) is 0 Å². The highest BCUT2D eigenvalue weighted by molar-refractivity contribution is 7.15. The van der Waals surface area contributed by atoms with E-state index in [1.54, 1.807) is 0 Å². The lowest BCUT2D eigenvalue weighted by Crippen LogP contribution is -2.14. The first kappa shape index (κ1) is 12.7. The standard InChI is InChI=1S/C14H14F2N2S/c1-8-12(7-17-9-5-6-9)19-14(18-8)13-10(15)3-2-4-11(13)16/h2-4,9,17H,5-7H2,1H3. The molecule has 0 spiro atoms. The molecule has 100 valence electrons. The van der Waals surface area contributed by atoms with Gasteiger partial charge in [0, 0.05) is 17.5 Å². The van der Waals surface area contributed by atoms with Crippen LogP contribution in [0.3, 0.4) is 0 Å². The van der Waals surface area contributed by atoms with Gasteiger partial charge in [0.2, 0.25) is 0 Å². The van der Waals surface area contributed by atoms with E-state index >= 15 is 0 Å². The van der Waals surface area contributed by atoms with Crippen LogP contribution in [0.25, 0.3) is 10.6 Å². The molecule has 0 saturated heterocycles. The minimum atomic E-state index is -0.560. The molecule has 1 saturated carbocycles. The zero-order valence-electron chi connectivity index (χ0n) is 10.5. The van der Waals surface area contributed by atoms with Crippen LogP contribution < -0.4 is 5.32 Å². The van der Waals surface area contributed by atoms with Crippen molar-refractivity contribution in [2.75, 3.05) is 0 Å². The van der Waals surface area contributed by atoms with Gasteiger partial charge >= 0.3 is 0 Å². The van der Waals surface area contributed by atoms with Crippen molar-refractivity contribution >= 4 is 11.3 Å². The topological polar surface area (TPSA) is 24.9 Å². The molecule has 1 fully saturated rings. The Bertz CT molecular complexity index is 585. The van der Waals surface area contributed by atoms with Crippen molar-refractivity contribution in [3.05, 3.63) is 40.4 Å². The van der Waals surface area contributed by atoms with Gasteiger partial charge in [0.1, 0.15) is 16.6 Å². The summed E-state index contributed by atoms with van der Waals surface area (Å²) < 4.78 is 27.4. The second-order valence-electron chi connectivity index (χ2n) is 4.78. The Labute approximate surface area is 114 Å². The van der Waals surface area contributed by atoms with Gasteiger partial charge in [-0.15, -0.1) is 11.3 Å². The lowest BCUT2D eigenvalue weighted by Gasteiger charge is -2.00. The fourth-order valence-corrected chi connectivity index (χ4v) is 2.99. The van der Waals surface area contributed by atoms with Gasteiger partial charge in [-0.05, 0) is 31.9 Å². The third-order valence-corrected chi connectivity index (χ3v) is 4.37. The predicted molar refractivity (Wildman–Crippen MR) is 72.1 cm³/mol. The Morgan fingerprint density at radius 1 is 1.32 bits per heavy atom. The van der Waals surface area contributed by atoms with Gasteiger partial charge in [0.15, 0.2) is 0 Å². The number of thiazole rings is 1. The molecule has 0 radical (unpaired) electrons. The summed E-state index contributed by atoms with van der Waals surface area (Å²) in [6.45, 7) is 2.60. The van der Waals surface area contributed by atoms with E-state index in [4.69, 9.17) is 0 Å². The smallest absolute Gasteiger partial charge is 0.136 e. The molecular formula is C14H14F2N2S. The van der Waals surface area contributed by atoms with E-state index < -0.39 is 11.6 Å². The van der Waals surface area contributed by atoms with E-state index in [0.29, 0.717) is 11.0 Å². The average Bonchev–Trinajstić information content (AvgIpc) is 3.11. The van der Waals surface area contributed by atoms with E-state index in [1.165, 1.54) is 42.4 Å². The summed E-state index contributed by atoms with van der Waals surface area (Å²) in [4.78, 5) is 5.35. The second-order valence-corrected chi connectivity index (χ2v) is 5.86. The molecule has 0 atom stereocenters. The van der Waals surface area contributed by atoms with E-state index in [9.17, 15) is 8.78 Å². The Morgan fingerprint density at radius 2 is 2.00 bits per heavy atom. The van der Waals surface area contributed by atoms with Gasteiger partial charge in [0.05, 0.1) is 11.3 Å². The number of rotatable bonds is 4. The summed E-state index contributed by atoms with van der Waals surface area (Å²) >= 11 is 1.36. The molecule has 19 heavy (non-hydrogen) atoms. The predicted octanol–water partition coefficient (Wildman–Crippen LogP) is 3.65. The summed E-state index contributed by atoms with van der Waals surface area (Å²) in [6, 6.07) is 4.49. The number of benzene rings is 1. The largest absolute Gasteiger partial charge is 0.309 e. The van der Waals surface area contributed by atoms with Crippen molar-refractivity contribution in [2.45, 2.75) is 32.4 Å². The highest BCUT2D eigenvalue weighted by Gasteiger charge is 2.22. The summed E-state index contributed by atoms with van der Waals surface area (Å²) in [5.41, 5.74) is 0.823. The number of hydrogen-bond acceptors (Lipinski definition) is 3. The highest BCUT2D eigenvalue weighted by atomic mass is 32.1. The number of aryl methyl sites for hydroxylation is 1. The normalized spacial score (nSPS) is 14.9. The maximum Gasteiger partial charge on any atom is 0.136 e. The van der Waals surface area contributed by atoms with Crippen LogP contribution in [0.4, 0.5) is 8.78 Å². The van der Waals surface area contributed by atoms with Crippen molar-refractivity contribution in [2.24, 2.45) is 0 Å². The molecule has 5 heteroatoms. The molecule has 1 aromatic carbocycles. The fourth-order valence-electron chi connectivity index (χ4n) is 1.93. The van der Waals surface area contributed by atoms with Gasteiger partial charge in [-0.25, -0.2) is 13.8 Å². The van der Waals surface area contributed by atoms with Crippen LogP contribution in [0, 0.1) is 18.6 Å². The molecule has 0 bridgehead atoms. The lowest BCUT2D eigenvalue weighted by molar-refractivity contribution is 0.589. The van der Waals surface area contributed by atoms with E-state index in [-0.39, 0.29) is 5.56 Å². The monoisotopic (exact) mass is 280 g/mol. The number of halogens is 2. The van der Waals surface area contributed by atoms with E-state index in [1.807, 2.05) is 6.92 Å². The zero-order valence-corrected chi connectivity index (χ0v) is 11.4. The van der Waals surface area contributed by atoms with Crippen LogP contribution in [-0.2, 0) is 6.54 Å². The van der Waals surface area contributed by atoms with Crippen LogP contribution in [0.1, 0.15) is 23.4 Å². The molecule has 0 amide bonds. The number of aromatic nitrogens is 1. The molecule has 0 unspecified atom stereocenters. The molecule has 2 nitrogen and oxygen atoms in total. The quantitative estimate of drug-likeness (QED) is 0.924. The Kier molecular flexibility index (Phi) is 3.33. The van der Waals surface area contributed by atoms with Crippen LogP contribution in [0.5, 0.6) is 0 Å². The molecule has 1 N–H and O–H groups in total. The Balaban J connectivity index is 1.90. The average molecular weight is 280 g/mol. The van der Waals surface area contributed by atoms with Crippen molar-refractivity contribution in [3.8, 4) is 10.6 Å². The highest BCUT2D eigenvalue weighted by Crippen LogP contribution is 2.32. The summed E-state index contributed by atoms with van der Waals surface area (Å²) in [5, 5.41) is 3.81. The minimum Gasteiger partial charge on any atom is -0.309 e. The number of nitrogens with zero attached hydrogens (tertiary/aromatic N) is 1. The molecular weight excluding hydrogens is 266 g/mol. The maximum absolute atomic E-state index is 13.7. The molecule has 2 aromatic rings. The van der Waals surface area contributed by atoms with Crippen molar-refractivity contribution in [1.82, 2.24) is 10.3 Å². The summed E-state index contributed by atoms with van der Waals surface area (Å²) in [6.07, 6.45) is 2.43. The molecule has 3 rings (SSSR count). The number of nitrogens with one attached hydrogen (secondary N) is 1. The van der Waals surface area contributed by atoms with Gasteiger partial charge in [-0.2, -0.15) is 0 Å². The third-order valence-electron chi connectivity index (χ3n) is 3.20. The first-order valence-electron chi connectivity index (χ1n) is 6.29. The zero-order chi connectivity index (χ0) is 13.4. The number of hydrogen-bond donors (Lipinski definition) is 1. The van der Waals surface area contributed by atoms with Gasteiger partial charge < -0.3 is 5.32 Å². The second kappa shape index (κ2) is 4.98. The first-order valence-corrected chi connectivity index (χ1v) is 7.11. The summed E-state index contributed by atoms with van der Waals surface area (Å²) in [5.74, 6) is -1.12.